The maximum absolute atomic E-state index is 13.8. The number of hydrogen-bond acceptors (Lipinski definition) is 4. The highest BCUT2D eigenvalue weighted by Gasteiger charge is 2.17. The molecule has 5 nitrogen and oxygen atoms in total. The first-order valence-corrected chi connectivity index (χ1v) is 6.49. The lowest BCUT2D eigenvalue weighted by Gasteiger charge is -2.11. The maximum atomic E-state index is 13.8. The summed E-state index contributed by atoms with van der Waals surface area (Å²) in [7, 11) is 0. The molecule has 106 valence electrons. The lowest BCUT2D eigenvalue weighted by Crippen LogP contribution is -2.05. The van der Waals surface area contributed by atoms with E-state index >= 15 is 0 Å². The molecular formula is C15H14FN5. The average Bonchev–Trinajstić information content (AvgIpc) is 2.91. The molecule has 6 heteroatoms. The smallest absolute Gasteiger partial charge is 0.189 e. The van der Waals surface area contributed by atoms with Crippen LogP contribution in [0.1, 0.15) is 11.1 Å². The summed E-state index contributed by atoms with van der Waals surface area (Å²) in [6, 6.07) is 10.4. The number of anilines is 1. The van der Waals surface area contributed by atoms with Crippen molar-refractivity contribution in [1.82, 2.24) is 20.2 Å². The van der Waals surface area contributed by atoms with Crippen LogP contribution in [0.3, 0.4) is 0 Å². The summed E-state index contributed by atoms with van der Waals surface area (Å²) < 4.78 is 15.3. The summed E-state index contributed by atoms with van der Waals surface area (Å²) in [6.07, 6.45) is 0. The van der Waals surface area contributed by atoms with Crippen molar-refractivity contribution in [3.8, 4) is 17.1 Å². The molecule has 3 aromatic rings. The molecule has 0 radical (unpaired) electrons. The van der Waals surface area contributed by atoms with Crippen molar-refractivity contribution in [3.63, 3.8) is 0 Å². The van der Waals surface area contributed by atoms with Gasteiger partial charge in [0.15, 0.2) is 5.82 Å². The Hall–Kier alpha value is -2.76. The summed E-state index contributed by atoms with van der Waals surface area (Å²) >= 11 is 0. The topological polar surface area (TPSA) is 69.6 Å². The number of aromatic nitrogens is 4. The molecule has 0 bridgehead atoms. The molecule has 1 aromatic heterocycles. The molecule has 1 heterocycles. The second kappa shape index (κ2) is 4.97. The molecule has 0 saturated carbocycles. The van der Waals surface area contributed by atoms with Crippen molar-refractivity contribution >= 4 is 5.69 Å². The molecule has 0 amide bonds. The van der Waals surface area contributed by atoms with Gasteiger partial charge in [0.1, 0.15) is 5.82 Å². The quantitative estimate of drug-likeness (QED) is 0.734. The number of nitrogen functional groups attached to an aromatic ring is 1. The predicted molar refractivity (Wildman–Crippen MR) is 78.4 cm³/mol. The minimum absolute atomic E-state index is 0.299. The van der Waals surface area contributed by atoms with E-state index in [1.54, 1.807) is 25.1 Å². The standard InChI is InChI=1S/C15H14FN5/c1-9-5-3-7-12(17)14(9)15-18-19-20-21(15)13-8-4-6-11(16)10(13)2/h3-8H,17H2,1-2H3. The third-order valence-corrected chi connectivity index (χ3v) is 3.47. The number of aryl methyl sites for hydroxylation is 1. The largest absolute Gasteiger partial charge is 0.398 e. The fourth-order valence-corrected chi connectivity index (χ4v) is 2.33. The van der Waals surface area contributed by atoms with Crippen LogP contribution in [0.5, 0.6) is 0 Å². The monoisotopic (exact) mass is 283 g/mol. The number of rotatable bonds is 2. The highest BCUT2D eigenvalue weighted by Crippen LogP contribution is 2.29. The van der Waals surface area contributed by atoms with E-state index in [4.69, 9.17) is 5.73 Å². The first kappa shape index (κ1) is 13.2. The van der Waals surface area contributed by atoms with Crippen molar-refractivity contribution in [2.24, 2.45) is 0 Å². The van der Waals surface area contributed by atoms with Gasteiger partial charge >= 0.3 is 0 Å². The van der Waals surface area contributed by atoms with E-state index in [-0.39, 0.29) is 5.82 Å². The van der Waals surface area contributed by atoms with Crippen molar-refractivity contribution in [3.05, 3.63) is 53.3 Å². The number of tetrazole rings is 1. The molecule has 2 N–H and O–H groups in total. The number of nitrogens with zero attached hydrogens (tertiary/aromatic N) is 4. The zero-order valence-corrected chi connectivity index (χ0v) is 11.7. The van der Waals surface area contributed by atoms with Gasteiger partial charge in [0.2, 0.25) is 0 Å². The fourth-order valence-electron chi connectivity index (χ4n) is 2.33. The van der Waals surface area contributed by atoms with Crippen LogP contribution in [0, 0.1) is 19.7 Å². The van der Waals surface area contributed by atoms with E-state index in [0.717, 1.165) is 11.1 Å². The van der Waals surface area contributed by atoms with E-state index in [2.05, 4.69) is 15.5 Å². The Kier molecular flexibility index (Phi) is 3.13. The zero-order chi connectivity index (χ0) is 15.0. The van der Waals surface area contributed by atoms with Crippen LogP contribution in [-0.2, 0) is 0 Å². The fraction of sp³-hybridized carbons (Fsp3) is 0.133. The molecular weight excluding hydrogens is 269 g/mol. The number of hydrogen-bond donors (Lipinski definition) is 1. The van der Waals surface area contributed by atoms with Crippen LogP contribution in [0.2, 0.25) is 0 Å². The minimum atomic E-state index is -0.299. The van der Waals surface area contributed by atoms with Crippen LogP contribution in [0.4, 0.5) is 10.1 Å². The Morgan fingerprint density at radius 3 is 2.62 bits per heavy atom. The van der Waals surface area contributed by atoms with Crippen molar-refractivity contribution in [1.29, 1.82) is 0 Å². The van der Waals surface area contributed by atoms with Gasteiger partial charge in [-0.25, -0.2) is 4.39 Å². The normalized spacial score (nSPS) is 10.8. The summed E-state index contributed by atoms with van der Waals surface area (Å²) in [6.45, 7) is 3.63. The molecule has 0 aliphatic heterocycles. The Bertz CT molecular complexity index is 789. The third-order valence-electron chi connectivity index (χ3n) is 3.47. The van der Waals surface area contributed by atoms with Crippen molar-refractivity contribution in [2.45, 2.75) is 13.8 Å². The molecule has 0 aliphatic rings. The van der Waals surface area contributed by atoms with E-state index < -0.39 is 0 Å². The van der Waals surface area contributed by atoms with Crippen molar-refractivity contribution < 1.29 is 4.39 Å². The van der Waals surface area contributed by atoms with Crippen LogP contribution in [-0.4, -0.2) is 20.2 Å². The average molecular weight is 283 g/mol. The first-order chi connectivity index (χ1) is 10.1. The second-order valence-corrected chi connectivity index (χ2v) is 4.84. The van der Waals surface area contributed by atoms with Gasteiger partial charge in [-0.1, -0.05) is 18.2 Å². The lowest BCUT2D eigenvalue weighted by molar-refractivity contribution is 0.614. The van der Waals surface area contributed by atoms with Gasteiger partial charge in [0.05, 0.1) is 5.69 Å². The van der Waals surface area contributed by atoms with E-state index in [9.17, 15) is 4.39 Å². The van der Waals surface area contributed by atoms with E-state index in [1.165, 1.54) is 10.7 Å². The number of benzene rings is 2. The Labute approximate surface area is 121 Å². The van der Waals surface area contributed by atoms with E-state index in [1.807, 2.05) is 19.1 Å². The zero-order valence-electron chi connectivity index (χ0n) is 11.7. The van der Waals surface area contributed by atoms with Gasteiger partial charge in [-0.2, -0.15) is 4.68 Å². The molecule has 0 fully saturated rings. The Morgan fingerprint density at radius 2 is 1.86 bits per heavy atom. The lowest BCUT2D eigenvalue weighted by atomic mass is 10.1. The van der Waals surface area contributed by atoms with Gasteiger partial charge in [-0.05, 0) is 48.0 Å². The molecule has 0 unspecified atom stereocenters. The third kappa shape index (κ3) is 2.14. The molecule has 2 aromatic carbocycles. The SMILES string of the molecule is Cc1cccc(N)c1-c1nnnn1-c1cccc(F)c1C. The van der Waals surface area contributed by atoms with Crippen LogP contribution in [0.15, 0.2) is 36.4 Å². The van der Waals surface area contributed by atoms with Crippen LogP contribution >= 0.6 is 0 Å². The van der Waals surface area contributed by atoms with Gasteiger partial charge < -0.3 is 5.73 Å². The Balaban J connectivity index is 2.25. The molecule has 21 heavy (non-hydrogen) atoms. The molecule has 0 saturated heterocycles. The highest BCUT2D eigenvalue weighted by atomic mass is 19.1. The molecule has 0 atom stereocenters. The van der Waals surface area contributed by atoms with Gasteiger partial charge in [0, 0.05) is 16.8 Å². The van der Waals surface area contributed by atoms with E-state index in [0.29, 0.717) is 22.8 Å². The van der Waals surface area contributed by atoms with Crippen LogP contribution in [0.25, 0.3) is 17.1 Å². The van der Waals surface area contributed by atoms with Gasteiger partial charge in [-0.3, -0.25) is 0 Å². The first-order valence-electron chi connectivity index (χ1n) is 6.49. The number of nitrogens with two attached hydrogens (primary N) is 1. The predicted octanol–water partition coefficient (Wildman–Crippen LogP) is 2.67. The van der Waals surface area contributed by atoms with Crippen molar-refractivity contribution in [2.75, 3.05) is 5.73 Å². The molecule has 0 spiro atoms. The van der Waals surface area contributed by atoms with Gasteiger partial charge in [-0.15, -0.1) is 5.10 Å². The summed E-state index contributed by atoms with van der Waals surface area (Å²) in [5, 5.41) is 11.7. The van der Waals surface area contributed by atoms with Gasteiger partial charge in [0.25, 0.3) is 0 Å². The number of halogens is 1. The minimum Gasteiger partial charge on any atom is -0.398 e. The highest BCUT2D eigenvalue weighted by molar-refractivity contribution is 5.75. The molecule has 0 aliphatic carbocycles. The summed E-state index contributed by atoms with van der Waals surface area (Å²) in [4.78, 5) is 0. The summed E-state index contributed by atoms with van der Waals surface area (Å²) in [5.74, 6) is 0.200. The molecule has 3 rings (SSSR count). The second-order valence-electron chi connectivity index (χ2n) is 4.84. The summed E-state index contributed by atoms with van der Waals surface area (Å²) in [5.41, 5.74) is 9.42. The Morgan fingerprint density at radius 1 is 1.10 bits per heavy atom. The van der Waals surface area contributed by atoms with Crippen LogP contribution < -0.4 is 5.73 Å². The maximum Gasteiger partial charge on any atom is 0.189 e.